The maximum Gasteiger partial charge on any atom is 0.242 e. The van der Waals surface area contributed by atoms with Crippen molar-refractivity contribution < 1.29 is 14.3 Å². The lowest BCUT2D eigenvalue weighted by Crippen LogP contribution is -2.42. The summed E-state index contributed by atoms with van der Waals surface area (Å²) in [5.74, 6) is 0.0302. The van der Waals surface area contributed by atoms with Gasteiger partial charge < -0.3 is 14.2 Å². The minimum atomic E-state index is 0.0302. The average molecular weight is 222 g/mol. The molecule has 0 unspecified atom stereocenters. The van der Waals surface area contributed by atoms with E-state index in [0.29, 0.717) is 32.0 Å². The second-order valence-electron chi connectivity index (χ2n) is 3.67. The second-order valence-corrected chi connectivity index (χ2v) is 3.67. The van der Waals surface area contributed by atoms with Gasteiger partial charge in [-0.2, -0.15) is 0 Å². The van der Waals surface area contributed by atoms with E-state index in [1.54, 1.807) is 27.8 Å². The molecule has 2 rings (SSSR count). The molecule has 0 atom stereocenters. The number of carbonyl (C=O) groups excluding carboxylic acids is 2. The Morgan fingerprint density at radius 1 is 1.44 bits per heavy atom. The third-order valence-corrected chi connectivity index (χ3v) is 2.65. The summed E-state index contributed by atoms with van der Waals surface area (Å²) in [5, 5.41) is 0. The van der Waals surface area contributed by atoms with Crippen LogP contribution in [0.25, 0.3) is 0 Å². The second kappa shape index (κ2) is 4.94. The molecule has 2 heterocycles. The fraction of sp³-hybridized carbons (Fsp3) is 0.455. The maximum absolute atomic E-state index is 11.9. The molecular formula is C11H14N2O3. The van der Waals surface area contributed by atoms with Crippen molar-refractivity contribution in [1.29, 1.82) is 0 Å². The molecule has 0 aromatic carbocycles. The topological polar surface area (TPSA) is 51.5 Å². The van der Waals surface area contributed by atoms with Gasteiger partial charge in [0.2, 0.25) is 5.91 Å². The minimum Gasteiger partial charge on any atom is -0.378 e. The molecule has 0 radical (unpaired) electrons. The third kappa shape index (κ3) is 2.30. The first-order valence-corrected chi connectivity index (χ1v) is 5.27. The molecule has 1 aromatic heterocycles. The van der Waals surface area contributed by atoms with Crippen LogP contribution < -0.4 is 0 Å². The van der Waals surface area contributed by atoms with Gasteiger partial charge in [0.05, 0.1) is 18.9 Å². The van der Waals surface area contributed by atoms with E-state index in [1.165, 1.54) is 0 Å². The van der Waals surface area contributed by atoms with E-state index in [4.69, 9.17) is 4.74 Å². The van der Waals surface area contributed by atoms with Crippen molar-refractivity contribution >= 4 is 12.2 Å². The predicted molar refractivity (Wildman–Crippen MR) is 57.2 cm³/mol. The van der Waals surface area contributed by atoms with Crippen LogP contribution in [-0.2, 0) is 16.1 Å². The van der Waals surface area contributed by atoms with Crippen molar-refractivity contribution in [3.05, 3.63) is 24.0 Å². The molecule has 5 nitrogen and oxygen atoms in total. The molecule has 1 saturated heterocycles. The summed E-state index contributed by atoms with van der Waals surface area (Å²) in [6, 6.07) is 3.45. The van der Waals surface area contributed by atoms with E-state index in [-0.39, 0.29) is 12.5 Å². The summed E-state index contributed by atoms with van der Waals surface area (Å²) in [5.41, 5.74) is 0.529. The number of carbonyl (C=O) groups is 2. The van der Waals surface area contributed by atoms with Gasteiger partial charge in [0.15, 0.2) is 6.29 Å². The van der Waals surface area contributed by atoms with E-state index in [9.17, 15) is 9.59 Å². The van der Waals surface area contributed by atoms with Crippen LogP contribution in [0.4, 0.5) is 0 Å². The van der Waals surface area contributed by atoms with Crippen molar-refractivity contribution in [2.75, 3.05) is 26.3 Å². The van der Waals surface area contributed by atoms with Gasteiger partial charge in [0.1, 0.15) is 6.54 Å². The van der Waals surface area contributed by atoms with Gasteiger partial charge in [-0.1, -0.05) is 0 Å². The lowest BCUT2D eigenvalue weighted by Gasteiger charge is -2.27. The number of hydrogen-bond donors (Lipinski definition) is 0. The van der Waals surface area contributed by atoms with Crippen LogP contribution in [0.15, 0.2) is 18.3 Å². The molecule has 1 aliphatic heterocycles. The first-order chi connectivity index (χ1) is 7.81. The molecule has 1 fully saturated rings. The van der Waals surface area contributed by atoms with E-state index in [0.717, 1.165) is 6.29 Å². The molecule has 86 valence electrons. The zero-order valence-corrected chi connectivity index (χ0v) is 8.96. The number of morpholine rings is 1. The van der Waals surface area contributed by atoms with Crippen molar-refractivity contribution in [3.8, 4) is 0 Å². The lowest BCUT2D eigenvalue weighted by atomic mass is 10.4. The fourth-order valence-corrected chi connectivity index (χ4v) is 1.74. The maximum atomic E-state index is 11.9. The van der Waals surface area contributed by atoms with Crippen LogP contribution in [-0.4, -0.2) is 48.0 Å². The average Bonchev–Trinajstić information content (AvgIpc) is 2.77. The molecule has 0 saturated carbocycles. The standard InChI is InChI=1S/C11H14N2O3/c14-9-10-2-1-3-13(10)8-11(15)12-4-6-16-7-5-12/h1-3,9H,4-8H2. The van der Waals surface area contributed by atoms with Gasteiger partial charge in [-0.15, -0.1) is 0 Å². The highest BCUT2D eigenvalue weighted by Gasteiger charge is 2.17. The van der Waals surface area contributed by atoms with Crippen LogP contribution in [0, 0.1) is 0 Å². The molecule has 5 heteroatoms. The smallest absolute Gasteiger partial charge is 0.242 e. The summed E-state index contributed by atoms with van der Waals surface area (Å²) in [4.78, 5) is 24.3. The normalized spacial score (nSPS) is 16.1. The number of aromatic nitrogens is 1. The molecule has 1 aromatic rings. The Morgan fingerprint density at radius 3 is 2.88 bits per heavy atom. The quantitative estimate of drug-likeness (QED) is 0.684. The van der Waals surface area contributed by atoms with Gasteiger partial charge in [-0.25, -0.2) is 0 Å². The zero-order valence-electron chi connectivity index (χ0n) is 8.96. The number of hydrogen-bond acceptors (Lipinski definition) is 3. The van der Waals surface area contributed by atoms with Crippen LogP contribution in [0.1, 0.15) is 10.5 Å². The van der Waals surface area contributed by atoms with Crippen LogP contribution in [0.2, 0.25) is 0 Å². The highest BCUT2D eigenvalue weighted by atomic mass is 16.5. The molecule has 16 heavy (non-hydrogen) atoms. The van der Waals surface area contributed by atoms with Crippen LogP contribution in [0.3, 0.4) is 0 Å². The number of ether oxygens (including phenoxy) is 1. The molecule has 1 amide bonds. The Morgan fingerprint density at radius 2 is 2.19 bits per heavy atom. The van der Waals surface area contributed by atoms with Gasteiger partial charge in [0, 0.05) is 19.3 Å². The first-order valence-electron chi connectivity index (χ1n) is 5.27. The lowest BCUT2D eigenvalue weighted by molar-refractivity contribution is -0.135. The molecule has 1 aliphatic rings. The van der Waals surface area contributed by atoms with Gasteiger partial charge in [-0.05, 0) is 12.1 Å². The fourth-order valence-electron chi connectivity index (χ4n) is 1.74. The Bertz CT molecular complexity index is 380. The van der Waals surface area contributed by atoms with Crippen LogP contribution in [0.5, 0.6) is 0 Å². The number of aldehydes is 1. The number of nitrogens with zero attached hydrogens (tertiary/aromatic N) is 2. The Hall–Kier alpha value is -1.62. The summed E-state index contributed by atoms with van der Waals surface area (Å²) >= 11 is 0. The number of rotatable bonds is 3. The van der Waals surface area contributed by atoms with Crippen molar-refractivity contribution in [2.45, 2.75) is 6.54 Å². The monoisotopic (exact) mass is 222 g/mol. The van der Waals surface area contributed by atoms with E-state index >= 15 is 0 Å². The van der Waals surface area contributed by atoms with Gasteiger partial charge >= 0.3 is 0 Å². The highest BCUT2D eigenvalue weighted by molar-refractivity contribution is 5.78. The van der Waals surface area contributed by atoms with E-state index in [1.807, 2.05) is 0 Å². The van der Waals surface area contributed by atoms with Gasteiger partial charge in [-0.3, -0.25) is 9.59 Å². The zero-order chi connectivity index (χ0) is 11.4. The molecule has 0 bridgehead atoms. The van der Waals surface area contributed by atoms with E-state index < -0.39 is 0 Å². The summed E-state index contributed by atoms with van der Waals surface area (Å²) < 4.78 is 6.83. The molecule has 0 N–H and O–H groups in total. The summed E-state index contributed by atoms with van der Waals surface area (Å²) in [6.07, 6.45) is 2.49. The summed E-state index contributed by atoms with van der Waals surface area (Å²) in [7, 11) is 0. The number of amides is 1. The Balaban J connectivity index is 1.98. The third-order valence-electron chi connectivity index (χ3n) is 2.65. The molecule has 0 aliphatic carbocycles. The van der Waals surface area contributed by atoms with Crippen molar-refractivity contribution in [2.24, 2.45) is 0 Å². The molecular weight excluding hydrogens is 208 g/mol. The van der Waals surface area contributed by atoms with Crippen molar-refractivity contribution in [1.82, 2.24) is 9.47 Å². The Labute approximate surface area is 93.6 Å². The van der Waals surface area contributed by atoms with E-state index in [2.05, 4.69) is 0 Å². The van der Waals surface area contributed by atoms with Crippen molar-refractivity contribution in [3.63, 3.8) is 0 Å². The molecule has 0 spiro atoms. The summed E-state index contributed by atoms with van der Waals surface area (Å²) in [6.45, 7) is 2.68. The minimum absolute atomic E-state index is 0.0302. The first kappa shape index (κ1) is 10.9. The largest absolute Gasteiger partial charge is 0.378 e. The van der Waals surface area contributed by atoms with Crippen LogP contribution >= 0.6 is 0 Å². The van der Waals surface area contributed by atoms with Gasteiger partial charge in [0.25, 0.3) is 0 Å². The SMILES string of the molecule is O=Cc1cccn1CC(=O)N1CCOCC1. The Kier molecular flexibility index (Phi) is 3.36. The predicted octanol–water partition coefficient (Wildman–Crippen LogP) is 0.159. The highest BCUT2D eigenvalue weighted by Crippen LogP contribution is 2.03.